The summed E-state index contributed by atoms with van der Waals surface area (Å²) in [6.07, 6.45) is 1.51. The number of para-hydroxylation sites is 1. The maximum Gasteiger partial charge on any atom is 0.138 e. The fourth-order valence-electron chi connectivity index (χ4n) is 2.87. The van der Waals surface area contributed by atoms with Crippen LogP contribution in [0.5, 0.6) is 5.75 Å². The number of aliphatic hydroxyl groups is 1. The van der Waals surface area contributed by atoms with Crippen LogP contribution in [0.4, 0.5) is 5.82 Å². The van der Waals surface area contributed by atoms with E-state index in [1.807, 2.05) is 48.5 Å². The molecule has 0 aliphatic heterocycles. The number of hydrogen-bond acceptors (Lipinski definition) is 6. The molecule has 0 saturated heterocycles. The van der Waals surface area contributed by atoms with Gasteiger partial charge in [0.05, 0.1) is 18.0 Å². The van der Waals surface area contributed by atoms with Crippen molar-refractivity contribution >= 4 is 27.4 Å². The Morgan fingerprint density at radius 3 is 2.54 bits per heavy atom. The van der Waals surface area contributed by atoms with Crippen LogP contribution in [0.1, 0.15) is 11.6 Å². The van der Waals surface area contributed by atoms with Crippen molar-refractivity contribution < 1.29 is 10.2 Å². The molecule has 0 unspecified atom stereocenters. The van der Waals surface area contributed by atoms with Gasteiger partial charge in [0, 0.05) is 10.4 Å². The minimum absolute atomic E-state index is 0.0496. The summed E-state index contributed by atoms with van der Waals surface area (Å²) in [5.74, 6) is 0.898. The Labute approximate surface area is 154 Å². The van der Waals surface area contributed by atoms with Crippen LogP contribution in [-0.2, 0) is 0 Å². The van der Waals surface area contributed by atoms with Gasteiger partial charge in [-0.25, -0.2) is 9.97 Å². The third-order valence-corrected chi connectivity index (χ3v) is 5.27. The SMILES string of the molecule is OC[C@@H](Nc1ncnc2sc(-c3ccccc3O)cc12)c1ccccc1. The van der Waals surface area contributed by atoms with Gasteiger partial charge >= 0.3 is 0 Å². The lowest BCUT2D eigenvalue weighted by molar-refractivity contribution is 0.276. The Balaban J connectivity index is 1.73. The molecule has 0 saturated carbocycles. The van der Waals surface area contributed by atoms with Gasteiger partial charge in [0.15, 0.2) is 0 Å². The molecule has 0 bridgehead atoms. The average molecular weight is 363 g/mol. The van der Waals surface area contributed by atoms with Gasteiger partial charge in [-0.15, -0.1) is 11.3 Å². The van der Waals surface area contributed by atoms with E-state index in [0.717, 1.165) is 26.2 Å². The predicted octanol–water partition coefficient (Wildman–Crippen LogP) is 4.21. The second kappa shape index (κ2) is 7.11. The largest absolute Gasteiger partial charge is 0.507 e. The normalized spacial score (nSPS) is 12.2. The molecule has 4 aromatic rings. The molecule has 0 amide bonds. The van der Waals surface area contributed by atoms with E-state index in [1.165, 1.54) is 17.7 Å². The van der Waals surface area contributed by atoms with E-state index < -0.39 is 0 Å². The molecule has 0 radical (unpaired) electrons. The van der Waals surface area contributed by atoms with Gasteiger partial charge in [-0.1, -0.05) is 42.5 Å². The van der Waals surface area contributed by atoms with Gasteiger partial charge < -0.3 is 15.5 Å². The Bertz CT molecular complexity index is 1030. The molecule has 26 heavy (non-hydrogen) atoms. The van der Waals surface area contributed by atoms with Crippen molar-refractivity contribution in [3.05, 3.63) is 72.6 Å². The van der Waals surface area contributed by atoms with Gasteiger partial charge in [-0.3, -0.25) is 0 Å². The van der Waals surface area contributed by atoms with Crippen LogP contribution < -0.4 is 5.32 Å². The Morgan fingerprint density at radius 2 is 1.77 bits per heavy atom. The summed E-state index contributed by atoms with van der Waals surface area (Å²) >= 11 is 1.50. The molecular weight excluding hydrogens is 346 g/mol. The van der Waals surface area contributed by atoms with Crippen molar-refractivity contribution in [1.82, 2.24) is 9.97 Å². The summed E-state index contributed by atoms with van der Waals surface area (Å²) in [5, 5.41) is 24.1. The number of aromatic hydroxyl groups is 1. The van der Waals surface area contributed by atoms with Crippen LogP contribution in [0.25, 0.3) is 20.7 Å². The topological polar surface area (TPSA) is 78.3 Å². The van der Waals surface area contributed by atoms with Crippen LogP contribution in [-0.4, -0.2) is 26.8 Å². The minimum atomic E-state index is -0.261. The molecule has 2 aromatic heterocycles. The van der Waals surface area contributed by atoms with E-state index in [4.69, 9.17) is 0 Å². The highest BCUT2D eigenvalue weighted by Crippen LogP contribution is 2.39. The fourth-order valence-corrected chi connectivity index (χ4v) is 3.90. The number of phenols is 1. The number of benzene rings is 2. The summed E-state index contributed by atoms with van der Waals surface area (Å²) in [6, 6.07) is 18.7. The molecule has 3 N–H and O–H groups in total. The summed E-state index contributed by atoms with van der Waals surface area (Å²) < 4.78 is 0. The van der Waals surface area contributed by atoms with Crippen LogP contribution in [0.3, 0.4) is 0 Å². The van der Waals surface area contributed by atoms with Gasteiger partial charge in [0.2, 0.25) is 0 Å². The molecule has 0 fully saturated rings. The van der Waals surface area contributed by atoms with E-state index in [-0.39, 0.29) is 18.4 Å². The zero-order valence-electron chi connectivity index (χ0n) is 13.8. The van der Waals surface area contributed by atoms with Crippen molar-refractivity contribution in [2.45, 2.75) is 6.04 Å². The quantitative estimate of drug-likeness (QED) is 0.495. The number of thiophene rings is 1. The van der Waals surface area contributed by atoms with Crippen molar-refractivity contribution in [1.29, 1.82) is 0 Å². The first-order chi connectivity index (χ1) is 12.8. The van der Waals surface area contributed by atoms with E-state index in [2.05, 4.69) is 15.3 Å². The third kappa shape index (κ3) is 3.12. The maximum atomic E-state index is 10.1. The Kier molecular flexibility index (Phi) is 4.51. The first-order valence-corrected chi connectivity index (χ1v) is 9.03. The number of aliphatic hydroxyl groups excluding tert-OH is 1. The highest BCUT2D eigenvalue weighted by atomic mass is 32.1. The zero-order chi connectivity index (χ0) is 17.9. The smallest absolute Gasteiger partial charge is 0.138 e. The monoisotopic (exact) mass is 363 g/mol. The summed E-state index contributed by atoms with van der Waals surface area (Å²) in [5.41, 5.74) is 1.75. The van der Waals surface area contributed by atoms with Crippen molar-refractivity contribution in [3.8, 4) is 16.2 Å². The number of rotatable bonds is 5. The van der Waals surface area contributed by atoms with Gasteiger partial charge in [-0.05, 0) is 23.8 Å². The second-order valence-electron chi connectivity index (χ2n) is 5.86. The number of nitrogens with one attached hydrogen (secondary N) is 1. The van der Waals surface area contributed by atoms with Gasteiger partial charge in [0.25, 0.3) is 0 Å². The molecular formula is C20H17N3O2S. The van der Waals surface area contributed by atoms with Crippen molar-refractivity contribution in [2.75, 3.05) is 11.9 Å². The van der Waals surface area contributed by atoms with E-state index >= 15 is 0 Å². The first kappa shape index (κ1) is 16.5. The molecule has 2 aromatic carbocycles. The fraction of sp³-hybridized carbons (Fsp3) is 0.100. The second-order valence-corrected chi connectivity index (χ2v) is 6.89. The van der Waals surface area contributed by atoms with Crippen LogP contribution >= 0.6 is 11.3 Å². The lowest BCUT2D eigenvalue weighted by Crippen LogP contribution is -2.15. The van der Waals surface area contributed by atoms with Crippen LogP contribution in [0.15, 0.2) is 67.0 Å². The molecule has 0 aliphatic carbocycles. The third-order valence-electron chi connectivity index (χ3n) is 4.19. The highest BCUT2D eigenvalue weighted by Gasteiger charge is 2.16. The van der Waals surface area contributed by atoms with E-state index in [9.17, 15) is 10.2 Å². The predicted molar refractivity (Wildman–Crippen MR) is 104 cm³/mol. The number of phenolic OH excluding ortho intramolecular Hbond substituents is 1. The highest BCUT2D eigenvalue weighted by molar-refractivity contribution is 7.22. The van der Waals surface area contributed by atoms with Crippen molar-refractivity contribution in [2.24, 2.45) is 0 Å². The average Bonchev–Trinajstić information content (AvgIpc) is 3.12. The van der Waals surface area contributed by atoms with Crippen molar-refractivity contribution in [3.63, 3.8) is 0 Å². The zero-order valence-corrected chi connectivity index (χ0v) is 14.6. The lowest BCUT2D eigenvalue weighted by atomic mass is 10.1. The number of fused-ring (bicyclic) bond motifs is 1. The van der Waals surface area contributed by atoms with Gasteiger partial charge in [-0.2, -0.15) is 0 Å². The standard InChI is InChI=1S/C20H17N3O2S/c24-11-16(13-6-2-1-3-7-13)23-19-15-10-18(26-20(15)22-12-21-19)14-8-4-5-9-17(14)25/h1-10,12,16,24-25H,11H2,(H,21,22,23)/t16-/m1/s1. The minimum Gasteiger partial charge on any atom is -0.507 e. The lowest BCUT2D eigenvalue weighted by Gasteiger charge is -2.17. The molecule has 0 spiro atoms. The molecule has 4 rings (SSSR count). The molecule has 0 aliphatic rings. The number of nitrogens with zero attached hydrogens (tertiary/aromatic N) is 2. The van der Waals surface area contributed by atoms with Crippen LogP contribution in [0, 0.1) is 0 Å². The molecule has 1 atom stereocenters. The summed E-state index contributed by atoms with van der Waals surface area (Å²) in [4.78, 5) is 10.5. The summed E-state index contributed by atoms with van der Waals surface area (Å²) in [7, 11) is 0. The maximum absolute atomic E-state index is 10.1. The molecule has 130 valence electrons. The summed E-state index contributed by atoms with van der Waals surface area (Å²) in [6.45, 7) is -0.0496. The number of hydrogen-bond donors (Lipinski definition) is 3. The van der Waals surface area contributed by atoms with E-state index in [1.54, 1.807) is 12.1 Å². The molecule has 2 heterocycles. The number of anilines is 1. The van der Waals surface area contributed by atoms with Crippen LogP contribution in [0.2, 0.25) is 0 Å². The van der Waals surface area contributed by atoms with E-state index in [0.29, 0.717) is 5.82 Å². The first-order valence-electron chi connectivity index (χ1n) is 8.21. The number of aromatic nitrogens is 2. The van der Waals surface area contributed by atoms with Gasteiger partial charge in [0.1, 0.15) is 22.7 Å². The molecule has 5 nitrogen and oxygen atoms in total. The Hall–Kier alpha value is -2.96. The Morgan fingerprint density at radius 1 is 1.00 bits per heavy atom. The molecule has 6 heteroatoms.